The molecule has 94 valence electrons. The summed E-state index contributed by atoms with van der Waals surface area (Å²) < 4.78 is 0. The number of carbonyl (C=O) groups is 2. The Morgan fingerprint density at radius 2 is 1.94 bits per heavy atom. The van der Waals surface area contributed by atoms with Crippen LogP contribution in [0.1, 0.15) is 6.92 Å². The molecule has 2 fully saturated rings. The standard InChI is InChI=1S/C10H16N4O3/c1-2-14-9(15)6-3-13(5-8(11)12-17)4-7(6)10(14)16/h6-7,17H,2-5H2,1H3,(H2,11,12)/t6-,7-/m1/s1. The van der Waals surface area contributed by atoms with Gasteiger partial charge in [-0.1, -0.05) is 5.16 Å². The number of nitrogens with zero attached hydrogens (tertiary/aromatic N) is 3. The number of rotatable bonds is 3. The third-order valence-corrected chi connectivity index (χ3v) is 3.39. The molecule has 0 saturated carbocycles. The van der Waals surface area contributed by atoms with Crippen molar-refractivity contribution >= 4 is 17.6 Å². The molecule has 0 aromatic heterocycles. The summed E-state index contributed by atoms with van der Waals surface area (Å²) in [6.45, 7) is 3.52. The van der Waals surface area contributed by atoms with Gasteiger partial charge >= 0.3 is 0 Å². The second-order valence-corrected chi connectivity index (χ2v) is 4.42. The van der Waals surface area contributed by atoms with Gasteiger partial charge in [0, 0.05) is 19.6 Å². The third-order valence-electron chi connectivity index (χ3n) is 3.39. The first kappa shape index (κ1) is 11.8. The molecule has 0 aromatic carbocycles. The zero-order chi connectivity index (χ0) is 12.6. The number of likely N-dealkylation sites (tertiary alicyclic amines) is 2. The van der Waals surface area contributed by atoms with Crippen molar-refractivity contribution in [1.82, 2.24) is 9.80 Å². The number of hydrogen-bond donors (Lipinski definition) is 2. The van der Waals surface area contributed by atoms with Crippen LogP contribution in [0.25, 0.3) is 0 Å². The maximum atomic E-state index is 11.9. The van der Waals surface area contributed by atoms with Gasteiger partial charge in [-0.25, -0.2) is 0 Å². The van der Waals surface area contributed by atoms with Crippen LogP contribution in [0.3, 0.4) is 0 Å². The summed E-state index contributed by atoms with van der Waals surface area (Å²) in [5.41, 5.74) is 5.40. The molecule has 2 amide bonds. The molecule has 2 aliphatic rings. The lowest BCUT2D eigenvalue weighted by Gasteiger charge is -2.18. The molecule has 7 nitrogen and oxygen atoms in total. The minimum atomic E-state index is -0.256. The average Bonchev–Trinajstić information content (AvgIpc) is 2.80. The molecule has 0 radical (unpaired) electrons. The lowest BCUT2D eigenvalue weighted by molar-refractivity contribution is -0.140. The van der Waals surface area contributed by atoms with Crippen molar-refractivity contribution in [2.75, 3.05) is 26.2 Å². The van der Waals surface area contributed by atoms with Crippen LogP contribution in [-0.2, 0) is 9.59 Å². The van der Waals surface area contributed by atoms with Crippen molar-refractivity contribution in [3.8, 4) is 0 Å². The van der Waals surface area contributed by atoms with Crippen LogP contribution >= 0.6 is 0 Å². The van der Waals surface area contributed by atoms with Crippen molar-refractivity contribution in [2.24, 2.45) is 22.7 Å². The number of hydrogen-bond acceptors (Lipinski definition) is 5. The molecule has 0 spiro atoms. The zero-order valence-electron chi connectivity index (χ0n) is 9.67. The van der Waals surface area contributed by atoms with Gasteiger partial charge in [0.15, 0.2) is 5.84 Å². The highest BCUT2D eigenvalue weighted by atomic mass is 16.4. The molecule has 17 heavy (non-hydrogen) atoms. The Bertz CT molecular complexity index is 358. The van der Waals surface area contributed by atoms with Crippen LogP contribution in [-0.4, -0.2) is 58.8 Å². The van der Waals surface area contributed by atoms with Gasteiger partial charge in [0.25, 0.3) is 0 Å². The quantitative estimate of drug-likeness (QED) is 0.209. The summed E-state index contributed by atoms with van der Waals surface area (Å²) >= 11 is 0. The predicted octanol–water partition coefficient (Wildman–Crippen LogP) is -1.33. The van der Waals surface area contributed by atoms with Crippen LogP contribution in [0, 0.1) is 11.8 Å². The predicted molar refractivity (Wildman–Crippen MR) is 59.2 cm³/mol. The highest BCUT2D eigenvalue weighted by molar-refractivity contribution is 6.05. The number of amidine groups is 1. The van der Waals surface area contributed by atoms with E-state index in [-0.39, 0.29) is 36.0 Å². The summed E-state index contributed by atoms with van der Waals surface area (Å²) in [4.78, 5) is 27.0. The summed E-state index contributed by atoms with van der Waals surface area (Å²) in [7, 11) is 0. The molecule has 2 saturated heterocycles. The number of fused-ring (bicyclic) bond motifs is 1. The fourth-order valence-corrected chi connectivity index (χ4v) is 2.60. The van der Waals surface area contributed by atoms with E-state index in [1.54, 1.807) is 6.92 Å². The Morgan fingerprint density at radius 1 is 1.41 bits per heavy atom. The van der Waals surface area contributed by atoms with Gasteiger partial charge in [-0.05, 0) is 6.92 Å². The van der Waals surface area contributed by atoms with E-state index in [0.717, 1.165) is 0 Å². The van der Waals surface area contributed by atoms with Crippen LogP contribution in [0.5, 0.6) is 0 Å². The van der Waals surface area contributed by atoms with E-state index in [1.165, 1.54) is 4.90 Å². The largest absolute Gasteiger partial charge is 0.409 e. The van der Waals surface area contributed by atoms with E-state index in [1.807, 2.05) is 4.90 Å². The lowest BCUT2D eigenvalue weighted by atomic mass is 10.00. The Kier molecular flexibility index (Phi) is 3.01. The Labute approximate surface area is 98.8 Å². The fourth-order valence-electron chi connectivity index (χ4n) is 2.60. The molecule has 2 atom stereocenters. The smallest absolute Gasteiger partial charge is 0.234 e. The highest BCUT2D eigenvalue weighted by Gasteiger charge is 2.51. The highest BCUT2D eigenvalue weighted by Crippen LogP contribution is 2.32. The van der Waals surface area contributed by atoms with Crippen molar-refractivity contribution in [2.45, 2.75) is 6.92 Å². The minimum Gasteiger partial charge on any atom is -0.409 e. The van der Waals surface area contributed by atoms with Gasteiger partial charge < -0.3 is 10.9 Å². The molecule has 0 unspecified atom stereocenters. The van der Waals surface area contributed by atoms with Crippen molar-refractivity contribution < 1.29 is 14.8 Å². The summed E-state index contributed by atoms with van der Waals surface area (Å²) in [6, 6.07) is 0. The van der Waals surface area contributed by atoms with Crippen molar-refractivity contribution in [1.29, 1.82) is 0 Å². The first-order valence-corrected chi connectivity index (χ1v) is 5.62. The van der Waals surface area contributed by atoms with E-state index >= 15 is 0 Å². The minimum absolute atomic E-state index is 0.0930. The molecular weight excluding hydrogens is 224 g/mol. The summed E-state index contributed by atoms with van der Waals surface area (Å²) in [6.07, 6.45) is 0. The van der Waals surface area contributed by atoms with Crippen molar-refractivity contribution in [3.05, 3.63) is 0 Å². The van der Waals surface area contributed by atoms with E-state index in [2.05, 4.69) is 5.16 Å². The molecule has 2 aliphatic heterocycles. The molecule has 0 aromatic rings. The first-order valence-electron chi connectivity index (χ1n) is 5.62. The number of nitrogens with two attached hydrogens (primary N) is 1. The van der Waals surface area contributed by atoms with Gasteiger partial charge in [-0.3, -0.25) is 19.4 Å². The van der Waals surface area contributed by atoms with Gasteiger partial charge in [0.2, 0.25) is 11.8 Å². The summed E-state index contributed by atoms with van der Waals surface area (Å²) in [5, 5.41) is 11.4. The third kappa shape index (κ3) is 1.86. The average molecular weight is 240 g/mol. The van der Waals surface area contributed by atoms with E-state index in [4.69, 9.17) is 10.9 Å². The van der Waals surface area contributed by atoms with Crippen molar-refractivity contribution in [3.63, 3.8) is 0 Å². The lowest BCUT2D eigenvalue weighted by Crippen LogP contribution is -2.38. The normalized spacial score (nSPS) is 30.2. The second kappa shape index (κ2) is 4.33. The SMILES string of the molecule is CCN1C(=O)[C@@H]2CN(CC(N)=NO)C[C@H]2C1=O. The van der Waals surface area contributed by atoms with E-state index < -0.39 is 0 Å². The maximum absolute atomic E-state index is 11.9. The summed E-state index contributed by atoms with van der Waals surface area (Å²) in [5.74, 6) is -0.603. The maximum Gasteiger partial charge on any atom is 0.234 e. The number of amides is 2. The zero-order valence-corrected chi connectivity index (χ0v) is 9.67. The molecule has 0 bridgehead atoms. The Hall–Kier alpha value is -1.63. The fraction of sp³-hybridized carbons (Fsp3) is 0.700. The molecule has 7 heteroatoms. The van der Waals surface area contributed by atoms with Crippen LogP contribution in [0.15, 0.2) is 5.16 Å². The van der Waals surface area contributed by atoms with Gasteiger partial charge in [-0.15, -0.1) is 0 Å². The van der Waals surface area contributed by atoms with E-state index in [0.29, 0.717) is 19.6 Å². The molecule has 2 rings (SSSR count). The number of carbonyl (C=O) groups excluding carboxylic acids is 2. The van der Waals surface area contributed by atoms with E-state index in [9.17, 15) is 9.59 Å². The van der Waals surface area contributed by atoms with Crippen LogP contribution in [0.2, 0.25) is 0 Å². The Balaban J connectivity index is 2.05. The molecule has 0 aliphatic carbocycles. The monoisotopic (exact) mass is 240 g/mol. The molecular formula is C10H16N4O3. The second-order valence-electron chi connectivity index (χ2n) is 4.42. The van der Waals surface area contributed by atoms with Crippen LogP contribution in [0.4, 0.5) is 0 Å². The van der Waals surface area contributed by atoms with Gasteiger partial charge in [0.05, 0.1) is 18.4 Å². The van der Waals surface area contributed by atoms with Gasteiger partial charge in [0.1, 0.15) is 0 Å². The molecule has 2 heterocycles. The van der Waals surface area contributed by atoms with Crippen LogP contribution < -0.4 is 5.73 Å². The topological polar surface area (TPSA) is 99.2 Å². The van der Waals surface area contributed by atoms with Gasteiger partial charge in [-0.2, -0.15) is 0 Å². The Morgan fingerprint density at radius 3 is 2.35 bits per heavy atom. The molecule has 3 N–H and O–H groups in total. The number of oxime groups is 1. The number of imide groups is 1. The first-order chi connectivity index (χ1) is 8.08.